The first-order valence-electron chi connectivity index (χ1n) is 8.63. The van der Waals surface area contributed by atoms with Gasteiger partial charge in [0.1, 0.15) is 0 Å². The molecule has 1 aromatic carbocycles. The third-order valence-corrected chi connectivity index (χ3v) is 6.87. The summed E-state index contributed by atoms with van der Waals surface area (Å²) in [6.45, 7) is 0.697. The lowest BCUT2D eigenvalue weighted by Gasteiger charge is -2.29. The van der Waals surface area contributed by atoms with Crippen molar-refractivity contribution in [3.8, 4) is 0 Å². The largest absolute Gasteiger partial charge is 0.618 e. The number of aromatic nitrogens is 1. The number of amides is 1. The zero-order chi connectivity index (χ0) is 17.2. The first-order valence-corrected chi connectivity index (χ1v) is 10.6. The number of anilines is 1. The maximum Gasteiger partial charge on any atom is 0.237 e. The molecular weight excluding hydrogens is 352 g/mol. The molecule has 0 bridgehead atoms. The Morgan fingerprint density at radius 1 is 1.20 bits per heavy atom. The molecular formula is C19H20N2O2S2. The summed E-state index contributed by atoms with van der Waals surface area (Å²) < 4.78 is 1.03. The summed E-state index contributed by atoms with van der Waals surface area (Å²) in [6, 6.07) is 10.0. The highest BCUT2D eigenvalue weighted by atomic mass is 32.2. The average molecular weight is 373 g/mol. The molecule has 0 spiro atoms. The second-order valence-electron chi connectivity index (χ2n) is 6.29. The maximum absolute atomic E-state index is 12.3. The number of hydrogen-bond acceptors (Lipinski definition) is 4. The molecule has 2 heterocycles. The summed E-state index contributed by atoms with van der Waals surface area (Å²) >= 11 is 3.38. The molecule has 0 fully saturated rings. The lowest BCUT2D eigenvalue weighted by atomic mass is 9.96. The molecule has 130 valence electrons. The van der Waals surface area contributed by atoms with Crippen molar-refractivity contribution in [2.45, 2.75) is 35.5 Å². The van der Waals surface area contributed by atoms with Gasteiger partial charge in [-0.2, -0.15) is 4.73 Å². The molecule has 2 aliphatic rings. The Kier molecular flexibility index (Phi) is 4.90. The highest BCUT2D eigenvalue weighted by molar-refractivity contribution is 8.00. The summed E-state index contributed by atoms with van der Waals surface area (Å²) in [5, 5.41) is 12.0. The molecule has 0 N–H and O–H groups in total. The first kappa shape index (κ1) is 16.8. The van der Waals surface area contributed by atoms with Gasteiger partial charge in [0.05, 0.1) is 11.4 Å². The van der Waals surface area contributed by atoms with Crippen molar-refractivity contribution in [3.05, 3.63) is 53.0 Å². The Bertz CT molecular complexity index is 810. The van der Waals surface area contributed by atoms with E-state index in [0.29, 0.717) is 12.3 Å². The maximum atomic E-state index is 12.3. The number of pyridine rings is 1. The van der Waals surface area contributed by atoms with Gasteiger partial charge in [0.2, 0.25) is 5.91 Å². The van der Waals surface area contributed by atoms with E-state index in [1.165, 1.54) is 15.4 Å². The summed E-state index contributed by atoms with van der Waals surface area (Å²) in [4.78, 5) is 16.6. The van der Waals surface area contributed by atoms with Crippen molar-refractivity contribution >= 4 is 35.1 Å². The molecule has 4 nitrogen and oxygen atoms in total. The van der Waals surface area contributed by atoms with Crippen molar-refractivity contribution in [1.82, 2.24) is 0 Å². The van der Waals surface area contributed by atoms with Crippen LogP contribution in [0.2, 0.25) is 0 Å². The van der Waals surface area contributed by atoms with Gasteiger partial charge in [-0.3, -0.25) is 4.79 Å². The molecule has 0 saturated carbocycles. The van der Waals surface area contributed by atoms with Crippen molar-refractivity contribution in [2.75, 3.05) is 23.0 Å². The SMILES string of the molecule is O=C1CSc2ccccc2N1CCSc1cc[n+]([O-])c2c1CCCC2. The number of rotatable bonds is 4. The zero-order valence-corrected chi connectivity index (χ0v) is 15.6. The summed E-state index contributed by atoms with van der Waals surface area (Å²) in [6.07, 6.45) is 5.75. The van der Waals surface area contributed by atoms with Crippen LogP contribution in [0, 0.1) is 5.21 Å². The predicted molar refractivity (Wildman–Crippen MR) is 102 cm³/mol. The third kappa shape index (κ3) is 3.37. The van der Waals surface area contributed by atoms with E-state index in [1.54, 1.807) is 29.7 Å². The van der Waals surface area contributed by atoms with E-state index in [0.717, 1.165) is 47.5 Å². The van der Waals surface area contributed by atoms with Crippen LogP contribution < -0.4 is 9.63 Å². The standard InChI is InChI=1S/C19H20N2O2S2/c22-19-13-25-18-8-4-3-7-16(18)20(19)11-12-24-17-9-10-21(23)15-6-2-1-5-14(15)17/h3-4,7-10H,1-2,5-6,11-13H2. The summed E-state index contributed by atoms with van der Waals surface area (Å²) in [7, 11) is 0. The predicted octanol–water partition coefficient (Wildman–Crippen LogP) is 3.43. The number of carbonyl (C=O) groups excluding carboxylic acids is 1. The zero-order valence-electron chi connectivity index (χ0n) is 13.9. The number of hydrogen-bond donors (Lipinski definition) is 0. The molecule has 4 rings (SSSR count). The van der Waals surface area contributed by atoms with Crippen LogP contribution in [0.1, 0.15) is 24.1 Å². The molecule has 0 atom stereocenters. The Morgan fingerprint density at radius 3 is 2.96 bits per heavy atom. The van der Waals surface area contributed by atoms with E-state index in [-0.39, 0.29) is 5.91 Å². The van der Waals surface area contributed by atoms with Gasteiger partial charge in [-0.25, -0.2) is 0 Å². The van der Waals surface area contributed by atoms with Crippen LogP contribution in [0.5, 0.6) is 0 Å². The highest BCUT2D eigenvalue weighted by Gasteiger charge is 2.25. The van der Waals surface area contributed by atoms with Gasteiger partial charge in [0.15, 0.2) is 11.9 Å². The highest BCUT2D eigenvalue weighted by Crippen LogP contribution is 2.35. The van der Waals surface area contributed by atoms with E-state index in [1.807, 2.05) is 29.2 Å². The molecule has 6 heteroatoms. The van der Waals surface area contributed by atoms with Crippen LogP contribution in [-0.4, -0.2) is 24.0 Å². The number of carbonyl (C=O) groups is 1. The first-order chi connectivity index (χ1) is 12.2. The van der Waals surface area contributed by atoms with E-state index in [2.05, 4.69) is 6.07 Å². The molecule has 0 saturated heterocycles. The minimum absolute atomic E-state index is 0.178. The third-order valence-electron chi connectivity index (χ3n) is 4.74. The van der Waals surface area contributed by atoms with Gasteiger partial charge in [-0.1, -0.05) is 12.1 Å². The van der Waals surface area contributed by atoms with Gasteiger partial charge < -0.3 is 10.1 Å². The lowest BCUT2D eigenvalue weighted by molar-refractivity contribution is -0.615. The van der Waals surface area contributed by atoms with E-state index >= 15 is 0 Å². The average Bonchev–Trinajstić information content (AvgIpc) is 2.65. The van der Waals surface area contributed by atoms with E-state index in [9.17, 15) is 10.0 Å². The van der Waals surface area contributed by atoms with Crippen LogP contribution in [0.3, 0.4) is 0 Å². The van der Waals surface area contributed by atoms with Gasteiger partial charge in [0.25, 0.3) is 0 Å². The Labute approximate surface area is 156 Å². The fraction of sp³-hybridized carbons (Fsp3) is 0.368. The van der Waals surface area contributed by atoms with Crippen molar-refractivity contribution < 1.29 is 9.52 Å². The molecule has 25 heavy (non-hydrogen) atoms. The van der Waals surface area contributed by atoms with E-state index < -0.39 is 0 Å². The molecule has 1 aliphatic heterocycles. The minimum atomic E-state index is 0.178. The molecule has 1 amide bonds. The van der Waals surface area contributed by atoms with Gasteiger partial charge in [-0.05, 0) is 31.4 Å². The molecule has 2 aromatic rings. The Morgan fingerprint density at radius 2 is 2.04 bits per heavy atom. The number of nitrogens with zero attached hydrogens (tertiary/aromatic N) is 2. The minimum Gasteiger partial charge on any atom is -0.618 e. The van der Waals surface area contributed by atoms with Crippen LogP contribution in [-0.2, 0) is 17.6 Å². The lowest BCUT2D eigenvalue weighted by Crippen LogP contribution is -2.37. The van der Waals surface area contributed by atoms with Crippen LogP contribution >= 0.6 is 23.5 Å². The Hall–Kier alpha value is -1.66. The van der Waals surface area contributed by atoms with Crippen LogP contribution in [0.25, 0.3) is 0 Å². The molecule has 0 unspecified atom stereocenters. The summed E-state index contributed by atoms with van der Waals surface area (Å²) in [5.74, 6) is 1.52. The normalized spacial score (nSPS) is 16.5. The fourth-order valence-electron chi connectivity index (χ4n) is 3.51. The monoisotopic (exact) mass is 372 g/mol. The van der Waals surface area contributed by atoms with Crippen molar-refractivity contribution in [1.29, 1.82) is 0 Å². The fourth-order valence-corrected chi connectivity index (χ4v) is 5.49. The number of thioether (sulfide) groups is 2. The van der Waals surface area contributed by atoms with Crippen molar-refractivity contribution in [3.63, 3.8) is 0 Å². The van der Waals surface area contributed by atoms with Crippen molar-refractivity contribution in [2.24, 2.45) is 0 Å². The number of benzene rings is 1. The Balaban J connectivity index is 1.48. The van der Waals surface area contributed by atoms with Crippen LogP contribution in [0.4, 0.5) is 5.69 Å². The number of para-hydroxylation sites is 1. The van der Waals surface area contributed by atoms with E-state index in [4.69, 9.17) is 0 Å². The summed E-state index contributed by atoms with van der Waals surface area (Å²) in [5.41, 5.74) is 3.18. The second-order valence-corrected chi connectivity index (χ2v) is 8.44. The molecule has 0 radical (unpaired) electrons. The van der Waals surface area contributed by atoms with Gasteiger partial charge in [-0.15, -0.1) is 23.5 Å². The molecule has 1 aromatic heterocycles. The topological polar surface area (TPSA) is 47.2 Å². The van der Waals surface area contributed by atoms with Gasteiger partial charge >= 0.3 is 0 Å². The second kappa shape index (κ2) is 7.30. The number of fused-ring (bicyclic) bond motifs is 2. The van der Waals surface area contributed by atoms with Crippen LogP contribution in [0.15, 0.2) is 46.3 Å². The molecule has 1 aliphatic carbocycles. The smallest absolute Gasteiger partial charge is 0.237 e. The quantitative estimate of drug-likeness (QED) is 0.469. The van der Waals surface area contributed by atoms with Gasteiger partial charge in [0, 0.05) is 40.1 Å².